The number of halogens is 1. The summed E-state index contributed by atoms with van der Waals surface area (Å²) in [5.74, 6) is -2.60. The molecule has 3 rings (SSSR count). The lowest BCUT2D eigenvalue weighted by Crippen LogP contribution is -2.63. The molecule has 2 fully saturated rings. The Hall–Kier alpha value is -2.51. The highest BCUT2D eigenvalue weighted by atomic mass is 19.1. The van der Waals surface area contributed by atoms with Gasteiger partial charge in [-0.05, 0) is 17.7 Å². The summed E-state index contributed by atoms with van der Waals surface area (Å²) < 4.78 is 23.6. The Morgan fingerprint density at radius 2 is 1.77 bits per heavy atom. The summed E-state index contributed by atoms with van der Waals surface area (Å²) in [6.45, 7) is -2.69. The molecule has 0 amide bonds. The maximum absolute atomic E-state index is 13.1. The van der Waals surface area contributed by atoms with Gasteiger partial charge in [0, 0.05) is 7.05 Å². The predicted molar refractivity (Wildman–Crippen MR) is 71.1 cm³/mol. The van der Waals surface area contributed by atoms with Crippen molar-refractivity contribution in [3.8, 4) is 0 Å². The third kappa shape index (κ3) is 1.94. The molecule has 0 radical (unpaired) electrons. The molecule has 9 heteroatoms. The Bertz CT molecular complexity index is 681. The van der Waals surface area contributed by atoms with Crippen LogP contribution >= 0.6 is 0 Å². The zero-order valence-corrected chi connectivity index (χ0v) is 11.7. The van der Waals surface area contributed by atoms with Gasteiger partial charge in [-0.15, -0.1) is 0 Å². The van der Waals surface area contributed by atoms with Gasteiger partial charge in [-0.1, -0.05) is 12.1 Å². The number of rotatable bonds is 3. The molecule has 2 aliphatic heterocycles. The molecular formula is C13H12BFN2O5. The van der Waals surface area contributed by atoms with E-state index in [2.05, 4.69) is 4.99 Å². The van der Waals surface area contributed by atoms with E-state index in [1.165, 1.54) is 30.3 Å². The molecule has 1 atom stereocenters. The van der Waals surface area contributed by atoms with E-state index >= 15 is 0 Å². The molecule has 2 saturated heterocycles. The molecule has 22 heavy (non-hydrogen) atoms. The van der Waals surface area contributed by atoms with Crippen LogP contribution < -0.4 is 0 Å². The summed E-state index contributed by atoms with van der Waals surface area (Å²) in [6, 6.07) is 5.18. The Kier molecular flexibility index (Phi) is 3.12. The number of likely N-dealkylation sites (N-methyl/N-ethyl adjacent to an activating group) is 1. The third-order valence-electron chi connectivity index (χ3n) is 4.25. The summed E-state index contributed by atoms with van der Waals surface area (Å²) in [4.78, 5) is 38.0. The molecule has 0 saturated carbocycles. The molecule has 114 valence electrons. The first-order chi connectivity index (χ1) is 10.4. The van der Waals surface area contributed by atoms with E-state index in [4.69, 9.17) is 9.31 Å². The van der Waals surface area contributed by atoms with Crippen molar-refractivity contribution < 1.29 is 32.5 Å². The van der Waals surface area contributed by atoms with Crippen LogP contribution in [0.15, 0.2) is 29.3 Å². The monoisotopic (exact) mass is 306 g/mol. The van der Waals surface area contributed by atoms with Crippen LogP contribution in [0.25, 0.3) is 0 Å². The van der Waals surface area contributed by atoms with Gasteiger partial charge in [-0.3, -0.25) is 9.59 Å². The SMILES string of the molecule is C[N+]12CC(=O)O[B-]1(C(N=C=O)c1ccc(F)cc1)OC(=O)C2. The number of fused-ring (bicyclic) bond motifs is 1. The van der Waals surface area contributed by atoms with E-state index < -0.39 is 30.4 Å². The molecule has 2 aliphatic rings. The first kappa shape index (κ1) is 14.4. The minimum Gasteiger partial charge on any atom is -0.599 e. The van der Waals surface area contributed by atoms with Gasteiger partial charge >= 0.3 is 18.6 Å². The first-order valence-electron chi connectivity index (χ1n) is 6.65. The topological polar surface area (TPSA) is 82.0 Å². The molecular weight excluding hydrogens is 294 g/mol. The zero-order chi connectivity index (χ0) is 16.0. The summed E-state index contributed by atoms with van der Waals surface area (Å²) in [5, 5.41) is 0. The molecule has 0 aromatic heterocycles. The van der Waals surface area contributed by atoms with Crippen LogP contribution in [-0.4, -0.2) is 49.2 Å². The molecule has 7 nitrogen and oxygen atoms in total. The van der Waals surface area contributed by atoms with Crippen molar-refractivity contribution in [1.29, 1.82) is 0 Å². The van der Waals surface area contributed by atoms with Crippen molar-refractivity contribution in [3.05, 3.63) is 35.6 Å². The highest BCUT2D eigenvalue weighted by Gasteiger charge is 2.70. The van der Waals surface area contributed by atoms with Crippen LogP contribution in [0.2, 0.25) is 0 Å². The van der Waals surface area contributed by atoms with E-state index in [9.17, 15) is 18.8 Å². The van der Waals surface area contributed by atoms with E-state index in [1.807, 2.05) is 0 Å². The fourth-order valence-corrected chi connectivity index (χ4v) is 3.23. The minimum atomic E-state index is -2.58. The number of aliphatic imine (C=N–C) groups is 1. The van der Waals surface area contributed by atoms with Crippen molar-refractivity contribution >= 4 is 24.7 Å². The molecule has 0 aliphatic carbocycles. The molecule has 0 spiro atoms. The lowest BCUT2D eigenvalue weighted by Gasteiger charge is -2.42. The highest BCUT2D eigenvalue weighted by molar-refractivity contribution is 6.67. The van der Waals surface area contributed by atoms with Gasteiger partial charge in [-0.2, -0.15) is 0 Å². The van der Waals surface area contributed by atoms with Gasteiger partial charge in [0.1, 0.15) is 24.8 Å². The molecule has 1 unspecified atom stereocenters. The van der Waals surface area contributed by atoms with Crippen LogP contribution in [-0.2, 0) is 23.7 Å². The maximum Gasteiger partial charge on any atom is 0.613 e. The average molecular weight is 306 g/mol. The van der Waals surface area contributed by atoms with Gasteiger partial charge in [0.15, 0.2) is 0 Å². The average Bonchev–Trinajstić information content (AvgIpc) is 2.81. The number of isocyanates is 1. The van der Waals surface area contributed by atoms with Crippen LogP contribution in [0.1, 0.15) is 11.5 Å². The maximum atomic E-state index is 13.1. The van der Waals surface area contributed by atoms with Gasteiger partial charge in [-0.25, -0.2) is 14.2 Å². The molecule has 1 aromatic rings. The lowest BCUT2D eigenvalue weighted by atomic mass is 9.58. The fourth-order valence-electron chi connectivity index (χ4n) is 3.23. The highest BCUT2D eigenvalue weighted by Crippen LogP contribution is 2.43. The number of hydrogen-bond acceptors (Lipinski definition) is 6. The van der Waals surface area contributed by atoms with Crippen LogP contribution in [0.4, 0.5) is 4.39 Å². The van der Waals surface area contributed by atoms with E-state index in [0.717, 1.165) is 0 Å². The summed E-state index contributed by atoms with van der Waals surface area (Å²) in [6.07, 6.45) is 1.42. The quantitative estimate of drug-likeness (QED) is 0.454. The van der Waals surface area contributed by atoms with Gasteiger partial charge in [0.25, 0.3) is 0 Å². The predicted octanol–water partition coefficient (Wildman–Crippen LogP) is 0.241. The largest absolute Gasteiger partial charge is 0.613 e. The van der Waals surface area contributed by atoms with Gasteiger partial charge < -0.3 is 13.7 Å². The van der Waals surface area contributed by atoms with Crippen molar-refractivity contribution in [1.82, 2.24) is 0 Å². The zero-order valence-electron chi connectivity index (χ0n) is 11.7. The molecule has 2 heterocycles. The van der Waals surface area contributed by atoms with Crippen LogP contribution in [0.5, 0.6) is 0 Å². The first-order valence-corrected chi connectivity index (χ1v) is 6.65. The lowest BCUT2D eigenvalue weighted by molar-refractivity contribution is -0.794. The number of nitrogens with zero attached hydrogens (tertiary/aromatic N) is 2. The van der Waals surface area contributed by atoms with Gasteiger partial charge in [0.2, 0.25) is 6.08 Å². The van der Waals surface area contributed by atoms with Crippen molar-refractivity contribution in [2.75, 3.05) is 20.1 Å². The molecule has 0 bridgehead atoms. The van der Waals surface area contributed by atoms with Crippen LogP contribution in [0, 0.1) is 5.82 Å². The fraction of sp³-hybridized carbons (Fsp3) is 0.308. The second-order valence-corrected chi connectivity index (χ2v) is 5.72. The summed E-state index contributed by atoms with van der Waals surface area (Å²) in [7, 11) is 1.63. The second kappa shape index (κ2) is 4.76. The van der Waals surface area contributed by atoms with Crippen molar-refractivity contribution in [2.45, 2.75) is 5.94 Å². The number of benzene rings is 1. The minimum absolute atomic E-state index is 0.0577. The number of quaternary nitrogens is 1. The van der Waals surface area contributed by atoms with Gasteiger partial charge in [0.05, 0.1) is 0 Å². The Balaban J connectivity index is 2.14. The summed E-state index contributed by atoms with van der Waals surface area (Å²) in [5.41, 5.74) is 0.401. The second-order valence-electron chi connectivity index (χ2n) is 5.72. The Labute approximate surface area is 124 Å². The summed E-state index contributed by atoms with van der Waals surface area (Å²) >= 11 is 0. The van der Waals surface area contributed by atoms with Crippen LogP contribution in [0.3, 0.4) is 0 Å². The van der Waals surface area contributed by atoms with E-state index in [-0.39, 0.29) is 17.5 Å². The molecule has 1 aromatic carbocycles. The Morgan fingerprint density at radius 3 is 2.27 bits per heavy atom. The smallest absolute Gasteiger partial charge is 0.599 e. The van der Waals surface area contributed by atoms with E-state index in [1.54, 1.807) is 7.05 Å². The van der Waals surface area contributed by atoms with Crippen molar-refractivity contribution in [2.24, 2.45) is 4.99 Å². The standard InChI is InChI=1S/C13H12BFN2O5/c1-17-6-11(19)21-14(17,22-12(20)7-17)13(16-8-18)9-2-4-10(15)5-3-9/h2-5,13H,6-7H2,1H3. The van der Waals surface area contributed by atoms with Crippen molar-refractivity contribution in [3.63, 3.8) is 0 Å². The van der Waals surface area contributed by atoms with E-state index in [0.29, 0.717) is 5.56 Å². The number of carbonyl (C=O) groups is 2. The number of carbonyl (C=O) groups excluding carboxylic acids is 3. The third-order valence-corrected chi connectivity index (χ3v) is 4.25. The molecule has 0 N–H and O–H groups in total. The number of hydrogen-bond donors (Lipinski definition) is 0. The Morgan fingerprint density at radius 1 is 1.23 bits per heavy atom. The normalized spacial score (nSPS) is 31.0.